The molecular formula is C48H60N6O4. The lowest BCUT2D eigenvalue weighted by atomic mass is 9.70. The smallest absolute Gasteiger partial charge is 0.410 e. The number of anilines is 1. The molecule has 0 radical (unpaired) electrons. The van der Waals surface area contributed by atoms with Gasteiger partial charge in [0.25, 0.3) is 0 Å². The Morgan fingerprint density at radius 2 is 1.41 bits per heavy atom. The van der Waals surface area contributed by atoms with Gasteiger partial charge < -0.3 is 28.9 Å². The van der Waals surface area contributed by atoms with Crippen LogP contribution in [0.25, 0.3) is 22.2 Å². The van der Waals surface area contributed by atoms with Gasteiger partial charge in [-0.05, 0) is 126 Å². The molecule has 0 saturated carbocycles. The average Bonchev–Trinajstić information content (AvgIpc) is 3.57. The number of hydrogen-bond donors (Lipinski definition) is 0. The van der Waals surface area contributed by atoms with E-state index in [1.54, 1.807) is 0 Å². The molecule has 58 heavy (non-hydrogen) atoms. The molecule has 0 N–H and O–H groups in total. The van der Waals surface area contributed by atoms with E-state index in [2.05, 4.69) is 47.1 Å². The molecule has 3 saturated heterocycles. The van der Waals surface area contributed by atoms with Gasteiger partial charge in [-0.3, -0.25) is 4.68 Å². The van der Waals surface area contributed by atoms with Crippen molar-refractivity contribution >= 4 is 22.7 Å². The molecule has 5 aromatic rings. The van der Waals surface area contributed by atoms with Gasteiger partial charge in [0.2, 0.25) is 11.8 Å². The quantitative estimate of drug-likeness (QED) is 0.139. The number of fused-ring (bicyclic) bond motifs is 1. The van der Waals surface area contributed by atoms with Crippen LogP contribution < -0.4 is 14.4 Å². The number of nitrogens with zero attached hydrogens (tertiary/aromatic N) is 6. The molecule has 8 rings (SSSR count). The van der Waals surface area contributed by atoms with Gasteiger partial charge in [0.15, 0.2) is 0 Å². The van der Waals surface area contributed by atoms with Gasteiger partial charge in [0.1, 0.15) is 24.5 Å². The van der Waals surface area contributed by atoms with E-state index >= 15 is 0 Å². The number of ether oxygens (including phenoxy) is 3. The van der Waals surface area contributed by atoms with Gasteiger partial charge in [0.05, 0.1) is 11.1 Å². The monoisotopic (exact) mass is 784 g/mol. The molecule has 1 atom stereocenters. The highest BCUT2D eigenvalue weighted by atomic mass is 16.6. The molecule has 3 fully saturated rings. The fourth-order valence-electron chi connectivity index (χ4n) is 9.23. The summed E-state index contributed by atoms with van der Waals surface area (Å²) in [5, 5.41) is 6.10. The lowest BCUT2D eigenvalue weighted by molar-refractivity contribution is -0.0104. The molecular weight excluding hydrogens is 725 g/mol. The van der Waals surface area contributed by atoms with Crippen LogP contribution >= 0.6 is 0 Å². The molecule has 3 aliphatic rings. The van der Waals surface area contributed by atoms with Crippen LogP contribution in [0.3, 0.4) is 0 Å². The molecule has 1 spiro atoms. The second kappa shape index (κ2) is 17.0. The molecule has 10 nitrogen and oxygen atoms in total. The van der Waals surface area contributed by atoms with Gasteiger partial charge in [-0.15, -0.1) is 0 Å². The van der Waals surface area contributed by atoms with Crippen LogP contribution in [0.2, 0.25) is 0 Å². The molecule has 3 aromatic carbocycles. The largest absolute Gasteiger partial charge is 0.473 e. The number of carbonyl (C=O) groups excluding carboxylic acids is 1. The number of aryl methyl sites for hydroxylation is 1. The van der Waals surface area contributed by atoms with Crippen LogP contribution in [0, 0.1) is 11.3 Å². The summed E-state index contributed by atoms with van der Waals surface area (Å²) in [5.74, 6) is 1.70. The maximum absolute atomic E-state index is 12.6. The zero-order valence-electron chi connectivity index (χ0n) is 35.0. The Hall–Kier alpha value is -5.09. The fourth-order valence-corrected chi connectivity index (χ4v) is 9.23. The van der Waals surface area contributed by atoms with Crippen molar-refractivity contribution in [3.8, 4) is 23.0 Å². The third-order valence-corrected chi connectivity index (χ3v) is 12.9. The molecule has 1 amide bonds. The topological polar surface area (TPSA) is 85.2 Å². The van der Waals surface area contributed by atoms with E-state index in [0.717, 1.165) is 85.4 Å². The Morgan fingerprint density at radius 1 is 0.793 bits per heavy atom. The first-order chi connectivity index (χ1) is 28.0. The Labute approximate surface area is 344 Å². The third-order valence-electron chi connectivity index (χ3n) is 12.9. The van der Waals surface area contributed by atoms with E-state index in [4.69, 9.17) is 24.3 Å². The second-order valence-electron chi connectivity index (χ2n) is 17.8. The minimum absolute atomic E-state index is 0.159. The second-order valence-corrected chi connectivity index (χ2v) is 17.8. The number of aromatic nitrogens is 3. The van der Waals surface area contributed by atoms with Crippen molar-refractivity contribution in [2.24, 2.45) is 18.4 Å². The first-order valence-corrected chi connectivity index (χ1v) is 21.3. The van der Waals surface area contributed by atoms with Crippen molar-refractivity contribution in [1.29, 1.82) is 0 Å². The Bertz CT molecular complexity index is 2140. The summed E-state index contributed by atoms with van der Waals surface area (Å²) < 4.78 is 20.2. The highest BCUT2D eigenvalue weighted by Crippen LogP contribution is 2.43. The van der Waals surface area contributed by atoms with Gasteiger partial charge >= 0.3 is 6.09 Å². The lowest BCUT2D eigenvalue weighted by Crippen LogP contribution is -2.52. The summed E-state index contributed by atoms with van der Waals surface area (Å²) in [6, 6.07) is 31.5. The average molecular weight is 785 g/mol. The van der Waals surface area contributed by atoms with Crippen molar-refractivity contribution in [2.45, 2.75) is 91.1 Å². The summed E-state index contributed by atoms with van der Waals surface area (Å²) in [6.07, 6.45) is 6.86. The minimum atomic E-state index is -0.448. The summed E-state index contributed by atoms with van der Waals surface area (Å²) in [5.41, 5.74) is 6.08. The molecule has 3 aliphatic heterocycles. The fraction of sp³-hybridized carbons (Fsp3) is 0.479. The van der Waals surface area contributed by atoms with E-state index in [-0.39, 0.29) is 6.09 Å². The first-order valence-electron chi connectivity index (χ1n) is 21.3. The van der Waals surface area contributed by atoms with Crippen molar-refractivity contribution in [1.82, 2.24) is 24.6 Å². The number of pyridine rings is 1. The number of hydrogen-bond acceptors (Lipinski definition) is 8. The van der Waals surface area contributed by atoms with Crippen LogP contribution in [-0.4, -0.2) is 81.6 Å². The van der Waals surface area contributed by atoms with Crippen LogP contribution in [0.5, 0.6) is 11.8 Å². The number of amides is 1. The van der Waals surface area contributed by atoms with E-state index < -0.39 is 5.60 Å². The first kappa shape index (κ1) is 39.7. The van der Waals surface area contributed by atoms with Crippen molar-refractivity contribution in [3.63, 3.8) is 0 Å². The molecule has 2 aromatic heterocycles. The van der Waals surface area contributed by atoms with E-state index in [1.165, 1.54) is 31.4 Å². The molecule has 10 heteroatoms. The number of benzene rings is 3. The van der Waals surface area contributed by atoms with Gasteiger partial charge in [-0.2, -0.15) is 10.1 Å². The van der Waals surface area contributed by atoms with Gasteiger partial charge in [-0.25, -0.2) is 4.79 Å². The number of piperidine rings is 3. The molecule has 5 heterocycles. The normalized spacial score (nSPS) is 18.4. The number of carbonyl (C=O) groups is 1. The predicted octanol–water partition coefficient (Wildman–Crippen LogP) is 9.51. The van der Waals surface area contributed by atoms with Crippen molar-refractivity contribution < 1.29 is 19.0 Å². The zero-order chi connectivity index (χ0) is 40.3. The summed E-state index contributed by atoms with van der Waals surface area (Å²) in [6.45, 7) is 15.1. The van der Waals surface area contributed by atoms with E-state index in [1.807, 2.05) is 98.1 Å². The van der Waals surface area contributed by atoms with Crippen LogP contribution in [0.15, 0.2) is 91.0 Å². The summed E-state index contributed by atoms with van der Waals surface area (Å²) in [7, 11) is 2.02. The van der Waals surface area contributed by atoms with Crippen LogP contribution in [0.1, 0.15) is 77.3 Å². The summed E-state index contributed by atoms with van der Waals surface area (Å²) >= 11 is 0. The molecule has 0 bridgehead atoms. The maximum atomic E-state index is 12.6. The number of rotatable bonds is 10. The third kappa shape index (κ3) is 9.12. The summed E-state index contributed by atoms with van der Waals surface area (Å²) in [4.78, 5) is 24.7. The van der Waals surface area contributed by atoms with Crippen LogP contribution in [-0.2, 0) is 25.0 Å². The van der Waals surface area contributed by atoms with Gasteiger partial charge in [-0.1, -0.05) is 60.7 Å². The standard InChI is InChI=1S/C48H60N6O4/c1-35(52-28-22-48(23-29-52)24-30-54(31-25-48)46(55)58-47(2,3)4)38-20-26-53(27-21-38)39-16-17-40-42(32-39)51(5)50-44(40)41-18-19-43(56-33-36-12-8-6-9-13-36)49-45(41)57-34-37-14-10-7-11-15-37/h6-19,32,35,38H,20-31,33-34H2,1-5H3. The van der Waals surface area contributed by atoms with Gasteiger partial charge in [0, 0.05) is 56.4 Å². The lowest BCUT2D eigenvalue weighted by Gasteiger charge is -2.49. The zero-order valence-corrected chi connectivity index (χ0v) is 35.0. The van der Waals surface area contributed by atoms with Crippen LogP contribution in [0.4, 0.5) is 10.5 Å². The number of likely N-dealkylation sites (tertiary alicyclic amines) is 2. The minimum Gasteiger partial charge on any atom is -0.473 e. The Balaban J connectivity index is 0.896. The van der Waals surface area contributed by atoms with Crippen molar-refractivity contribution in [2.75, 3.05) is 44.2 Å². The molecule has 1 unspecified atom stereocenters. The predicted molar refractivity (Wildman–Crippen MR) is 230 cm³/mol. The Morgan fingerprint density at radius 3 is 2.05 bits per heavy atom. The highest BCUT2D eigenvalue weighted by molar-refractivity contribution is 5.96. The van der Waals surface area contributed by atoms with E-state index in [0.29, 0.717) is 42.3 Å². The van der Waals surface area contributed by atoms with E-state index in [9.17, 15) is 4.79 Å². The molecule has 306 valence electrons. The SMILES string of the molecule is CC(C1CCN(c2ccc3c(-c4ccc(OCc5ccccc5)nc4OCc4ccccc4)nn(C)c3c2)CC1)N1CCC2(CCN(C(=O)OC(C)(C)C)CC2)CC1. The van der Waals surface area contributed by atoms with Crippen molar-refractivity contribution in [3.05, 3.63) is 102 Å². The molecule has 0 aliphatic carbocycles. The Kier molecular flexibility index (Phi) is 11.7. The maximum Gasteiger partial charge on any atom is 0.410 e. The highest BCUT2D eigenvalue weighted by Gasteiger charge is 2.41.